The van der Waals surface area contributed by atoms with Crippen molar-refractivity contribution in [3.63, 3.8) is 0 Å². The fraction of sp³-hybridized carbons (Fsp3) is 0.833. The van der Waals surface area contributed by atoms with E-state index < -0.39 is 0 Å². The second kappa shape index (κ2) is 11.1. The molecule has 1 unspecified atom stereocenters. The highest BCUT2D eigenvalue weighted by molar-refractivity contribution is 5.80. The summed E-state index contributed by atoms with van der Waals surface area (Å²) < 4.78 is 16.0. The molecule has 8 nitrogen and oxygen atoms in total. The monoisotopic (exact) mass is 367 g/mol. The van der Waals surface area contributed by atoms with Gasteiger partial charge in [-0.25, -0.2) is 0 Å². The SMILES string of the molecule is CCNC(=NCCc1nc(C(C)C)no1)N1CCC(COCCOC)C1. The summed E-state index contributed by atoms with van der Waals surface area (Å²) in [6, 6.07) is 0. The van der Waals surface area contributed by atoms with E-state index in [2.05, 4.69) is 41.1 Å². The van der Waals surface area contributed by atoms with E-state index in [0.29, 0.717) is 38.0 Å². The van der Waals surface area contributed by atoms with Crippen LogP contribution in [0.1, 0.15) is 44.8 Å². The maximum absolute atomic E-state index is 5.67. The van der Waals surface area contributed by atoms with Crippen molar-refractivity contribution in [1.29, 1.82) is 0 Å². The molecule has 0 bridgehead atoms. The second-order valence-corrected chi connectivity index (χ2v) is 6.86. The van der Waals surface area contributed by atoms with Gasteiger partial charge in [0.1, 0.15) is 0 Å². The van der Waals surface area contributed by atoms with Crippen LogP contribution >= 0.6 is 0 Å². The third-order valence-corrected chi connectivity index (χ3v) is 4.29. The van der Waals surface area contributed by atoms with Gasteiger partial charge in [0.05, 0.1) is 26.4 Å². The molecule has 1 aliphatic heterocycles. The number of hydrogen-bond acceptors (Lipinski definition) is 6. The van der Waals surface area contributed by atoms with E-state index in [0.717, 1.165) is 44.4 Å². The second-order valence-electron chi connectivity index (χ2n) is 6.86. The molecular formula is C18H33N5O3. The van der Waals surface area contributed by atoms with E-state index in [1.807, 2.05) is 0 Å². The van der Waals surface area contributed by atoms with Crippen LogP contribution in [0.3, 0.4) is 0 Å². The van der Waals surface area contributed by atoms with Gasteiger partial charge in [0, 0.05) is 45.0 Å². The topological polar surface area (TPSA) is 85.0 Å². The van der Waals surface area contributed by atoms with Gasteiger partial charge < -0.3 is 24.2 Å². The van der Waals surface area contributed by atoms with Gasteiger partial charge in [-0.15, -0.1) is 0 Å². The maximum Gasteiger partial charge on any atom is 0.228 e. The molecule has 0 radical (unpaired) electrons. The molecule has 0 amide bonds. The third kappa shape index (κ3) is 6.57. The summed E-state index contributed by atoms with van der Waals surface area (Å²) in [6.07, 6.45) is 1.78. The van der Waals surface area contributed by atoms with Crippen LogP contribution in [0.15, 0.2) is 9.52 Å². The predicted molar refractivity (Wildman–Crippen MR) is 100 cm³/mol. The first-order valence-corrected chi connectivity index (χ1v) is 9.56. The average Bonchev–Trinajstić information content (AvgIpc) is 3.28. The number of nitrogens with zero attached hydrogens (tertiary/aromatic N) is 4. The van der Waals surface area contributed by atoms with Gasteiger partial charge in [-0.05, 0) is 13.3 Å². The van der Waals surface area contributed by atoms with Crippen LogP contribution < -0.4 is 5.32 Å². The van der Waals surface area contributed by atoms with Crippen molar-refractivity contribution < 1.29 is 14.0 Å². The fourth-order valence-corrected chi connectivity index (χ4v) is 2.84. The minimum atomic E-state index is 0.279. The van der Waals surface area contributed by atoms with Crippen LogP contribution in [0, 0.1) is 5.92 Å². The molecule has 1 aromatic rings. The Balaban J connectivity index is 1.80. The molecule has 1 aromatic heterocycles. The molecule has 1 saturated heterocycles. The molecule has 0 aliphatic carbocycles. The molecule has 1 fully saturated rings. The first kappa shape index (κ1) is 20.6. The minimum Gasteiger partial charge on any atom is -0.382 e. The van der Waals surface area contributed by atoms with Crippen LogP contribution in [0.5, 0.6) is 0 Å². The summed E-state index contributed by atoms with van der Waals surface area (Å²) in [6.45, 7) is 11.7. The molecular weight excluding hydrogens is 334 g/mol. The molecule has 148 valence electrons. The molecule has 2 rings (SSSR count). The Bertz CT molecular complexity index is 547. The van der Waals surface area contributed by atoms with E-state index in [1.165, 1.54) is 0 Å². The Morgan fingerprint density at radius 3 is 2.96 bits per heavy atom. The molecule has 0 spiro atoms. The number of aromatic nitrogens is 2. The highest BCUT2D eigenvalue weighted by Gasteiger charge is 2.25. The normalized spacial score (nSPS) is 18.1. The highest BCUT2D eigenvalue weighted by Crippen LogP contribution is 2.17. The van der Waals surface area contributed by atoms with Crippen molar-refractivity contribution >= 4 is 5.96 Å². The predicted octanol–water partition coefficient (Wildman–Crippen LogP) is 1.69. The Labute approximate surface area is 156 Å². The van der Waals surface area contributed by atoms with Gasteiger partial charge in [-0.1, -0.05) is 19.0 Å². The maximum atomic E-state index is 5.67. The third-order valence-electron chi connectivity index (χ3n) is 4.29. The summed E-state index contributed by atoms with van der Waals surface area (Å²) in [4.78, 5) is 11.4. The standard InChI is InChI=1S/C18H33N5O3/c1-5-19-18(20-8-6-16-21-17(14(2)3)22-26-16)23-9-7-15(12-23)13-25-11-10-24-4/h14-15H,5-13H2,1-4H3,(H,19,20). The molecule has 1 N–H and O–H groups in total. The Hall–Kier alpha value is -1.67. The van der Waals surface area contributed by atoms with Crippen molar-refractivity contribution in [2.24, 2.45) is 10.9 Å². The van der Waals surface area contributed by atoms with Gasteiger partial charge in [-0.3, -0.25) is 4.99 Å². The van der Waals surface area contributed by atoms with E-state index in [-0.39, 0.29) is 5.92 Å². The molecule has 2 heterocycles. The summed E-state index contributed by atoms with van der Waals surface area (Å²) in [5.74, 6) is 3.18. The van der Waals surface area contributed by atoms with Gasteiger partial charge in [-0.2, -0.15) is 4.98 Å². The van der Waals surface area contributed by atoms with E-state index >= 15 is 0 Å². The number of ether oxygens (including phenoxy) is 2. The largest absolute Gasteiger partial charge is 0.382 e. The number of hydrogen-bond donors (Lipinski definition) is 1. The first-order valence-electron chi connectivity index (χ1n) is 9.56. The summed E-state index contributed by atoms with van der Waals surface area (Å²) in [7, 11) is 1.69. The van der Waals surface area contributed by atoms with Gasteiger partial charge >= 0.3 is 0 Å². The molecule has 1 aliphatic rings. The minimum absolute atomic E-state index is 0.279. The smallest absolute Gasteiger partial charge is 0.228 e. The molecule has 1 atom stereocenters. The van der Waals surface area contributed by atoms with Crippen molar-refractivity contribution in [3.05, 3.63) is 11.7 Å². The number of aliphatic imine (C=N–C) groups is 1. The lowest BCUT2D eigenvalue weighted by atomic mass is 10.1. The Morgan fingerprint density at radius 1 is 1.42 bits per heavy atom. The fourth-order valence-electron chi connectivity index (χ4n) is 2.84. The number of methoxy groups -OCH3 is 1. The zero-order chi connectivity index (χ0) is 18.8. The molecule has 8 heteroatoms. The summed E-state index contributed by atoms with van der Waals surface area (Å²) in [5.41, 5.74) is 0. The zero-order valence-electron chi connectivity index (χ0n) is 16.5. The van der Waals surface area contributed by atoms with E-state index in [9.17, 15) is 0 Å². The van der Waals surface area contributed by atoms with Crippen LogP contribution in [0.2, 0.25) is 0 Å². The van der Waals surface area contributed by atoms with Crippen molar-refractivity contribution in [2.45, 2.75) is 39.5 Å². The number of likely N-dealkylation sites (tertiary alicyclic amines) is 1. The van der Waals surface area contributed by atoms with Crippen LogP contribution in [-0.4, -0.2) is 74.1 Å². The lowest BCUT2D eigenvalue weighted by Gasteiger charge is -2.21. The summed E-state index contributed by atoms with van der Waals surface area (Å²) >= 11 is 0. The number of guanidine groups is 1. The summed E-state index contributed by atoms with van der Waals surface area (Å²) in [5, 5.41) is 7.38. The molecule has 26 heavy (non-hydrogen) atoms. The van der Waals surface area contributed by atoms with Crippen LogP contribution in [0.25, 0.3) is 0 Å². The van der Waals surface area contributed by atoms with Crippen molar-refractivity contribution in [2.75, 3.05) is 53.1 Å². The van der Waals surface area contributed by atoms with Gasteiger partial charge in [0.15, 0.2) is 11.8 Å². The van der Waals surface area contributed by atoms with Crippen molar-refractivity contribution in [1.82, 2.24) is 20.4 Å². The van der Waals surface area contributed by atoms with Crippen LogP contribution in [-0.2, 0) is 15.9 Å². The van der Waals surface area contributed by atoms with E-state index in [4.69, 9.17) is 19.0 Å². The van der Waals surface area contributed by atoms with Gasteiger partial charge in [0.2, 0.25) is 5.89 Å². The van der Waals surface area contributed by atoms with Crippen molar-refractivity contribution in [3.8, 4) is 0 Å². The molecule has 0 saturated carbocycles. The lowest BCUT2D eigenvalue weighted by molar-refractivity contribution is 0.0536. The number of nitrogens with one attached hydrogen (secondary N) is 1. The van der Waals surface area contributed by atoms with Crippen LogP contribution in [0.4, 0.5) is 0 Å². The molecule has 0 aromatic carbocycles. The average molecular weight is 367 g/mol. The Kier molecular flexibility index (Phi) is 8.84. The van der Waals surface area contributed by atoms with E-state index in [1.54, 1.807) is 7.11 Å². The highest BCUT2D eigenvalue weighted by atomic mass is 16.5. The quantitative estimate of drug-likeness (QED) is 0.383. The Morgan fingerprint density at radius 2 is 2.27 bits per heavy atom. The zero-order valence-corrected chi connectivity index (χ0v) is 16.5. The first-order chi connectivity index (χ1) is 12.6. The number of rotatable bonds is 10. The van der Waals surface area contributed by atoms with Gasteiger partial charge in [0.25, 0.3) is 0 Å². The lowest BCUT2D eigenvalue weighted by Crippen LogP contribution is -2.40.